The van der Waals surface area contributed by atoms with Gasteiger partial charge >= 0.3 is 0 Å². The van der Waals surface area contributed by atoms with E-state index in [0.29, 0.717) is 10.6 Å². The Morgan fingerprint density at radius 1 is 1.15 bits per heavy atom. The predicted molar refractivity (Wildman–Crippen MR) is 56.0 cm³/mol. The molecule has 0 bridgehead atoms. The summed E-state index contributed by atoms with van der Waals surface area (Å²) in [6, 6.07) is 3.20. The van der Waals surface area contributed by atoms with Crippen molar-refractivity contribution in [3.05, 3.63) is 32.8 Å². The highest BCUT2D eigenvalue weighted by Crippen LogP contribution is 2.32. The largest absolute Gasteiger partial charge is 0.281 e. The molecule has 0 radical (unpaired) electrons. The molecule has 0 aliphatic rings. The van der Waals surface area contributed by atoms with Crippen LogP contribution in [0, 0.1) is 0 Å². The fraction of sp³-hybridized carbons (Fsp3) is 0.125. The zero-order valence-corrected chi connectivity index (χ0v) is 9.31. The van der Waals surface area contributed by atoms with E-state index in [9.17, 15) is 4.79 Å². The summed E-state index contributed by atoms with van der Waals surface area (Å²) in [5, 5.41) is 0.402. The summed E-state index contributed by atoms with van der Waals surface area (Å²) >= 11 is 22.5. The zero-order valence-electron chi connectivity index (χ0n) is 6.28. The summed E-state index contributed by atoms with van der Waals surface area (Å²) in [7, 11) is 0. The van der Waals surface area contributed by atoms with Gasteiger partial charge in [-0.2, -0.15) is 0 Å². The summed E-state index contributed by atoms with van der Waals surface area (Å²) in [5.41, 5.74) is 0.580. The van der Waals surface area contributed by atoms with Gasteiger partial charge in [0, 0.05) is 6.42 Å². The molecular formula is C8H4Cl4O. The molecule has 1 rings (SSSR count). The second-order valence-corrected chi connectivity index (χ2v) is 3.95. The quantitative estimate of drug-likeness (QED) is 0.579. The second kappa shape index (κ2) is 4.52. The summed E-state index contributed by atoms with van der Waals surface area (Å²) in [4.78, 5) is 10.6. The molecule has 0 spiro atoms. The first-order valence-electron chi connectivity index (χ1n) is 3.33. The smallest absolute Gasteiger partial charge is 0.226 e. The van der Waals surface area contributed by atoms with Gasteiger partial charge in [0.05, 0.1) is 15.1 Å². The van der Waals surface area contributed by atoms with E-state index >= 15 is 0 Å². The van der Waals surface area contributed by atoms with E-state index in [-0.39, 0.29) is 16.5 Å². The van der Waals surface area contributed by atoms with E-state index in [0.717, 1.165) is 0 Å². The maximum Gasteiger partial charge on any atom is 0.226 e. The Hall–Kier alpha value is 0.0500. The summed E-state index contributed by atoms with van der Waals surface area (Å²) in [6.45, 7) is 0. The monoisotopic (exact) mass is 256 g/mol. The van der Waals surface area contributed by atoms with Crippen molar-refractivity contribution in [1.82, 2.24) is 0 Å². The van der Waals surface area contributed by atoms with E-state index in [1.54, 1.807) is 12.1 Å². The van der Waals surface area contributed by atoms with E-state index in [1.165, 1.54) is 0 Å². The van der Waals surface area contributed by atoms with Crippen LogP contribution in [-0.2, 0) is 11.2 Å². The van der Waals surface area contributed by atoms with Crippen molar-refractivity contribution in [2.75, 3.05) is 0 Å². The molecule has 5 heteroatoms. The van der Waals surface area contributed by atoms with E-state index in [1.807, 2.05) is 0 Å². The van der Waals surface area contributed by atoms with Gasteiger partial charge in [0.2, 0.25) is 5.24 Å². The topological polar surface area (TPSA) is 17.1 Å². The molecule has 13 heavy (non-hydrogen) atoms. The van der Waals surface area contributed by atoms with Gasteiger partial charge in [-0.3, -0.25) is 4.79 Å². The Kier molecular flexibility index (Phi) is 3.87. The molecule has 0 saturated carbocycles. The van der Waals surface area contributed by atoms with Gasteiger partial charge in [-0.15, -0.1) is 0 Å². The minimum atomic E-state index is -0.486. The zero-order chi connectivity index (χ0) is 10.0. The Labute approximate surface area is 95.5 Å². The minimum absolute atomic E-state index is 0.0529. The summed E-state index contributed by atoms with van der Waals surface area (Å²) in [6.07, 6.45) is 0.0529. The average molecular weight is 258 g/mol. The van der Waals surface area contributed by atoms with Crippen LogP contribution in [-0.4, -0.2) is 5.24 Å². The Balaban J connectivity index is 3.10. The standard InChI is InChI=1S/C8H4Cl4O/c9-5-2-1-4(3-6(10)13)7(11)8(5)12/h1-2H,3H2. The molecule has 1 aromatic rings. The third-order valence-corrected chi connectivity index (χ3v) is 2.91. The van der Waals surface area contributed by atoms with Crippen molar-refractivity contribution in [3.63, 3.8) is 0 Å². The van der Waals surface area contributed by atoms with Crippen LogP contribution >= 0.6 is 46.4 Å². The van der Waals surface area contributed by atoms with Crippen LogP contribution in [0.25, 0.3) is 0 Å². The molecule has 0 heterocycles. The Morgan fingerprint density at radius 3 is 2.31 bits per heavy atom. The molecule has 0 fully saturated rings. The number of halogens is 4. The summed E-state index contributed by atoms with van der Waals surface area (Å²) < 4.78 is 0. The van der Waals surface area contributed by atoms with Gasteiger partial charge in [0.25, 0.3) is 0 Å². The van der Waals surface area contributed by atoms with Crippen LogP contribution in [0.1, 0.15) is 5.56 Å². The van der Waals surface area contributed by atoms with Crippen molar-refractivity contribution in [1.29, 1.82) is 0 Å². The lowest BCUT2D eigenvalue weighted by Crippen LogP contribution is -1.94. The number of carbonyl (C=O) groups is 1. The van der Waals surface area contributed by atoms with Gasteiger partial charge < -0.3 is 0 Å². The van der Waals surface area contributed by atoms with E-state index < -0.39 is 5.24 Å². The lowest BCUT2D eigenvalue weighted by atomic mass is 10.2. The Morgan fingerprint density at radius 2 is 1.77 bits per heavy atom. The van der Waals surface area contributed by atoms with Crippen molar-refractivity contribution < 1.29 is 4.79 Å². The van der Waals surface area contributed by atoms with Crippen LogP contribution in [0.3, 0.4) is 0 Å². The molecule has 0 N–H and O–H groups in total. The highest BCUT2D eigenvalue weighted by Gasteiger charge is 2.10. The normalized spacial score (nSPS) is 10.2. The third kappa shape index (κ3) is 2.75. The van der Waals surface area contributed by atoms with Gasteiger partial charge in [-0.25, -0.2) is 0 Å². The highest BCUT2D eigenvalue weighted by molar-refractivity contribution is 6.63. The number of carbonyl (C=O) groups excluding carboxylic acids is 1. The van der Waals surface area contributed by atoms with Crippen LogP contribution in [0.4, 0.5) is 0 Å². The van der Waals surface area contributed by atoms with Crippen molar-refractivity contribution in [3.8, 4) is 0 Å². The number of rotatable bonds is 2. The van der Waals surface area contributed by atoms with Gasteiger partial charge in [-0.1, -0.05) is 40.9 Å². The van der Waals surface area contributed by atoms with Crippen LogP contribution < -0.4 is 0 Å². The molecule has 0 aromatic heterocycles. The van der Waals surface area contributed by atoms with E-state index in [2.05, 4.69) is 0 Å². The molecule has 1 aromatic carbocycles. The maximum atomic E-state index is 10.6. The number of hydrogen-bond acceptors (Lipinski definition) is 1. The first-order valence-corrected chi connectivity index (χ1v) is 4.84. The fourth-order valence-corrected chi connectivity index (χ4v) is 1.62. The van der Waals surface area contributed by atoms with Crippen molar-refractivity contribution in [2.24, 2.45) is 0 Å². The molecular weight excluding hydrogens is 254 g/mol. The molecule has 0 aliphatic carbocycles. The fourth-order valence-electron chi connectivity index (χ4n) is 0.852. The molecule has 70 valence electrons. The third-order valence-electron chi connectivity index (χ3n) is 1.44. The van der Waals surface area contributed by atoms with E-state index in [4.69, 9.17) is 46.4 Å². The number of benzene rings is 1. The van der Waals surface area contributed by atoms with Gasteiger partial charge in [0.1, 0.15) is 0 Å². The highest BCUT2D eigenvalue weighted by atomic mass is 35.5. The molecule has 0 amide bonds. The lowest BCUT2D eigenvalue weighted by molar-refractivity contribution is -0.111. The SMILES string of the molecule is O=C(Cl)Cc1ccc(Cl)c(Cl)c1Cl. The molecule has 0 unspecified atom stereocenters. The lowest BCUT2D eigenvalue weighted by Gasteiger charge is -2.04. The molecule has 0 aliphatic heterocycles. The van der Waals surface area contributed by atoms with Gasteiger partial charge in [0.15, 0.2) is 0 Å². The predicted octanol–water partition coefficient (Wildman–Crippen LogP) is 3.95. The second-order valence-electron chi connectivity index (χ2n) is 2.37. The van der Waals surface area contributed by atoms with Crippen molar-refractivity contribution >= 4 is 51.6 Å². The van der Waals surface area contributed by atoms with Crippen LogP contribution in [0.2, 0.25) is 15.1 Å². The molecule has 1 nitrogen and oxygen atoms in total. The minimum Gasteiger partial charge on any atom is -0.281 e. The average Bonchev–Trinajstić information content (AvgIpc) is 2.06. The van der Waals surface area contributed by atoms with Crippen molar-refractivity contribution in [2.45, 2.75) is 6.42 Å². The molecule has 0 atom stereocenters. The Bertz CT molecular complexity index is 348. The summed E-state index contributed by atoms with van der Waals surface area (Å²) in [5.74, 6) is 0. The first kappa shape index (κ1) is 11.1. The maximum absolute atomic E-state index is 10.6. The van der Waals surface area contributed by atoms with Crippen LogP contribution in [0.15, 0.2) is 12.1 Å². The first-order chi connectivity index (χ1) is 6.02. The number of hydrogen-bond donors (Lipinski definition) is 0. The van der Waals surface area contributed by atoms with Gasteiger partial charge in [-0.05, 0) is 23.2 Å². The van der Waals surface area contributed by atoms with Crippen LogP contribution in [0.5, 0.6) is 0 Å². The molecule has 0 saturated heterocycles.